The van der Waals surface area contributed by atoms with E-state index < -0.39 is 11.6 Å². The second-order valence-corrected chi connectivity index (χ2v) is 11.7. The molecule has 2 unspecified atom stereocenters. The first kappa shape index (κ1) is 28.5. The van der Waals surface area contributed by atoms with Gasteiger partial charge in [-0.05, 0) is 79.6 Å². The van der Waals surface area contributed by atoms with Gasteiger partial charge in [0.25, 0.3) is 0 Å². The molecule has 2 aliphatic carbocycles. The fourth-order valence-corrected chi connectivity index (χ4v) is 5.67. The Kier molecular flexibility index (Phi) is 8.16. The van der Waals surface area contributed by atoms with Crippen molar-refractivity contribution in [2.45, 2.75) is 50.7 Å². The van der Waals surface area contributed by atoms with E-state index in [-0.39, 0.29) is 18.1 Å². The maximum atomic E-state index is 11.1. The SMILES string of the molecule is COC(C)(C)c1onc(C2=C(Cl)C=CC=C(Cl)C2)c1COc1ccc(C2CC2c2ccc(C(=O)O)cc2)c(Cl)c1. The number of aromatic carboxylic acids is 1. The normalized spacial score (nSPS) is 18.9. The number of hydrogen-bond acceptors (Lipinski definition) is 5. The van der Waals surface area contributed by atoms with E-state index in [1.807, 2.05) is 44.2 Å². The van der Waals surface area contributed by atoms with E-state index in [2.05, 4.69) is 5.16 Å². The summed E-state index contributed by atoms with van der Waals surface area (Å²) < 4.78 is 17.7. The van der Waals surface area contributed by atoms with Gasteiger partial charge in [0.2, 0.25) is 0 Å². The summed E-state index contributed by atoms with van der Waals surface area (Å²) in [5.74, 6) is 0.779. The number of rotatable bonds is 9. The van der Waals surface area contributed by atoms with E-state index in [1.165, 1.54) is 0 Å². The van der Waals surface area contributed by atoms with E-state index in [1.54, 1.807) is 37.5 Å². The smallest absolute Gasteiger partial charge is 0.335 e. The summed E-state index contributed by atoms with van der Waals surface area (Å²) in [4.78, 5) is 11.1. The predicted molar refractivity (Wildman–Crippen MR) is 156 cm³/mol. The summed E-state index contributed by atoms with van der Waals surface area (Å²) in [6.07, 6.45) is 6.73. The maximum Gasteiger partial charge on any atom is 0.335 e. The fraction of sp³-hybridized carbons (Fsp3) is 0.290. The number of halogens is 3. The van der Waals surface area contributed by atoms with Crippen molar-refractivity contribution in [1.82, 2.24) is 5.16 Å². The predicted octanol–water partition coefficient (Wildman–Crippen LogP) is 8.79. The quantitative estimate of drug-likeness (QED) is 0.264. The Morgan fingerprint density at radius 3 is 2.55 bits per heavy atom. The van der Waals surface area contributed by atoms with Crippen LogP contribution in [-0.2, 0) is 16.9 Å². The van der Waals surface area contributed by atoms with Gasteiger partial charge in [0.15, 0.2) is 5.76 Å². The molecule has 2 aromatic carbocycles. The number of ether oxygens (including phenoxy) is 2. The Bertz CT molecular complexity index is 1530. The van der Waals surface area contributed by atoms with Gasteiger partial charge < -0.3 is 19.1 Å². The van der Waals surface area contributed by atoms with Crippen molar-refractivity contribution in [1.29, 1.82) is 0 Å². The molecule has 9 heteroatoms. The van der Waals surface area contributed by atoms with Crippen molar-refractivity contribution in [3.63, 3.8) is 0 Å². The molecule has 5 rings (SSSR count). The molecule has 40 heavy (non-hydrogen) atoms. The van der Waals surface area contributed by atoms with Gasteiger partial charge >= 0.3 is 5.97 Å². The number of benzene rings is 2. The van der Waals surface area contributed by atoms with Crippen LogP contribution in [0.2, 0.25) is 5.02 Å². The molecule has 1 saturated carbocycles. The molecule has 6 nitrogen and oxygen atoms in total. The van der Waals surface area contributed by atoms with Crippen molar-refractivity contribution in [3.05, 3.63) is 109 Å². The van der Waals surface area contributed by atoms with Gasteiger partial charge in [-0.25, -0.2) is 4.79 Å². The van der Waals surface area contributed by atoms with Crippen molar-refractivity contribution in [2.24, 2.45) is 0 Å². The summed E-state index contributed by atoms with van der Waals surface area (Å²) in [5.41, 5.74) is 3.69. The summed E-state index contributed by atoms with van der Waals surface area (Å²) in [6, 6.07) is 12.7. The third kappa shape index (κ3) is 5.86. The molecular weight excluding hydrogens is 573 g/mol. The largest absolute Gasteiger partial charge is 0.489 e. The maximum absolute atomic E-state index is 11.1. The third-order valence-electron chi connectivity index (χ3n) is 7.42. The van der Waals surface area contributed by atoms with Gasteiger partial charge in [0.05, 0.1) is 11.1 Å². The molecule has 2 atom stereocenters. The second-order valence-electron chi connectivity index (χ2n) is 10.4. The van der Waals surface area contributed by atoms with Crippen molar-refractivity contribution >= 4 is 46.3 Å². The fourth-order valence-electron chi connectivity index (χ4n) is 4.93. The second kappa shape index (κ2) is 11.5. The molecule has 0 amide bonds. The average molecular weight is 601 g/mol. The van der Waals surface area contributed by atoms with Gasteiger partial charge in [0, 0.05) is 34.2 Å². The average Bonchev–Trinajstić information content (AvgIpc) is 3.64. The van der Waals surface area contributed by atoms with Gasteiger partial charge in [-0.1, -0.05) is 64.2 Å². The van der Waals surface area contributed by atoms with E-state index in [0.717, 1.165) is 23.1 Å². The standard InChI is InChI=1S/C31H28Cl3NO5/c1-31(2,38-3)29-25(28(35-40-29)24-13-19(32)5-4-6-26(24)33)16-39-20-11-12-21(27(34)14-20)23-15-22(23)17-7-9-18(10-8-17)30(36)37/h4-12,14,22-23H,13,15-16H2,1-3H3,(H,36,37). The Hall–Kier alpha value is -3.03. The Balaban J connectivity index is 1.36. The molecular formula is C31H28Cl3NO5. The van der Waals surface area contributed by atoms with Gasteiger partial charge in [-0.3, -0.25) is 0 Å². The highest BCUT2D eigenvalue weighted by Gasteiger charge is 2.40. The lowest BCUT2D eigenvalue weighted by Crippen LogP contribution is -2.21. The number of hydrogen-bond donors (Lipinski definition) is 1. The highest BCUT2D eigenvalue weighted by Crippen LogP contribution is 2.56. The van der Waals surface area contributed by atoms with Crippen LogP contribution >= 0.6 is 34.8 Å². The first-order valence-corrected chi connectivity index (χ1v) is 13.9. The van der Waals surface area contributed by atoms with Crippen LogP contribution in [0.1, 0.15) is 77.0 Å². The van der Waals surface area contributed by atoms with Crippen LogP contribution in [0.5, 0.6) is 5.75 Å². The zero-order valence-electron chi connectivity index (χ0n) is 22.2. The van der Waals surface area contributed by atoms with Crippen LogP contribution in [0.4, 0.5) is 0 Å². The molecule has 208 valence electrons. The number of allylic oxidation sites excluding steroid dienone is 6. The lowest BCUT2D eigenvalue weighted by molar-refractivity contribution is -0.00511. The summed E-state index contributed by atoms with van der Waals surface area (Å²) in [7, 11) is 1.61. The number of carboxylic acids is 1. The minimum Gasteiger partial charge on any atom is -0.489 e. The molecule has 2 aliphatic rings. The van der Waals surface area contributed by atoms with E-state index >= 15 is 0 Å². The van der Waals surface area contributed by atoms with E-state index in [4.69, 9.17) is 53.9 Å². The highest BCUT2D eigenvalue weighted by atomic mass is 35.5. The van der Waals surface area contributed by atoms with Crippen molar-refractivity contribution in [3.8, 4) is 5.75 Å². The first-order valence-electron chi connectivity index (χ1n) is 12.8. The third-order valence-corrected chi connectivity index (χ3v) is 8.36. The van der Waals surface area contributed by atoms with Crippen LogP contribution in [0, 0.1) is 0 Å². The van der Waals surface area contributed by atoms with Crippen LogP contribution in [0.25, 0.3) is 5.57 Å². The van der Waals surface area contributed by atoms with E-state index in [9.17, 15) is 4.79 Å². The van der Waals surface area contributed by atoms with Crippen LogP contribution < -0.4 is 4.74 Å². The monoisotopic (exact) mass is 599 g/mol. The molecule has 0 saturated heterocycles. The highest BCUT2D eigenvalue weighted by molar-refractivity contribution is 6.36. The number of aromatic nitrogens is 1. The number of methoxy groups -OCH3 is 1. The molecule has 0 aliphatic heterocycles. The summed E-state index contributed by atoms with van der Waals surface area (Å²) in [5, 5.41) is 15.3. The Morgan fingerprint density at radius 1 is 1.12 bits per heavy atom. The van der Waals surface area contributed by atoms with Crippen LogP contribution in [-0.4, -0.2) is 23.3 Å². The van der Waals surface area contributed by atoms with Crippen molar-refractivity contribution < 1.29 is 23.9 Å². The number of carbonyl (C=O) groups is 1. The minimum atomic E-state index is -0.930. The molecule has 1 heterocycles. The Labute approximate surface area is 247 Å². The Morgan fingerprint density at radius 2 is 1.88 bits per heavy atom. The van der Waals surface area contributed by atoms with E-state index in [0.29, 0.717) is 50.2 Å². The molecule has 1 N–H and O–H groups in total. The lowest BCUT2D eigenvalue weighted by atomic mass is 9.96. The number of carboxylic acid groups (broad SMARTS) is 1. The molecule has 0 bridgehead atoms. The molecule has 3 aromatic rings. The van der Waals surface area contributed by atoms with Gasteiger partial charge in [0.1, 0.15) is 23.7 Å². The minimum absolute atomic E-state index is 0.150. The molecule has 0 radical (unpaired) electrons. The zero-order chi connectivity index (χ0) is 28.6. The molecule has 1 aromatic heterocycles. The zero-order valence-corrected chi connectivity index (χ0v) is 24.5. The summed E-state index contributed by atoms with van der Waals surface area (Å²) >= 11 is 19.7. The number of nitrogens with zero attached hydrogens (tertiary/aromatic N) is 1. The van der Waals surface area contributed by atoms with Crippen molar-refractivity contribution in [2.75, 3.05) is 7.11 Å². The summed E-state index contributed by atoms with van der Waals surface area (Å²) in [6.45, 7) is 3.94. The van der Waals surface area contributed by atoms with Gasteiger partial charge in [-0.2, -0.15) is 0 Å². The molecule has 1 fully saturated rings. The topological polar surface area (TPSA) is 81.8 Å². The van der Waals surface area contributed by atoms with Gasteiger partial charge in [-0.15, -0.1) is 0 Å². The van der Waals surface area contributed by atoms with Crippen LogP contribution in [0.15, 0.2) is 75.3 Å². The van der Waals surface area contributed by atoms with Crippen LogP contribution in [0.3, 0.4) is 0 Å². The first-order chi connectivity index (χ1) is 19.1. The lowest BCUT2D eigenvalue weighted by Gasteiger charge is -2.21. The molecule has 0 spiro atoms.